The van der Waals surface area contributed by atoms with Crippen LogP contribution in [0, 0.1) is 10.7 Å². The summed E-state index contributed by atoms with van der Waals surface area (Å²) in [6.07, 6.45) is 5.02. The van der Waals surface area contributed by atoms with Gasteiger partial charge in [-0.2, -0.15) is 0 Å². The van der Waals surface area contributed by atoms with Crippen LogP contribution in [0.1, 0.15) is 0 Å². The van der Waals surface area contributed by atoms with Crippen LogP contribution >= 0.6 is 103 Å². The molecule has 0 fully saturated rings. The second-order valence-electron chi connectivity index (χ2n) is 7.84. The van der Waals surface area contributed by atoms with Gasteiger partial charge in [0.15, 0.2) is 16.6 Å². The van der Waals surface area contributed by atoms with Crippen molar-refractivity contribution in [2.45, 2.75) is 0 Å². The number of nitrogens with zero attached hydrogens (tertiary/aromatic N) is 3. The van der Waals surface area contributed by atoms with Gasteiger partial charge >= 0.3 is 19.8 Å². The molecular formula is C27H18Cl3GaI3N3O3+6. The molecule has 6 nitrogen and oxygen atoms in total. The quantitative estimate of drug-likeness (QED) is 0.0867. The van der Waals surface area contributed by atoms with E-state index in [1.165, 1.54) is 0 Å². The third-order valence-corrected chi connectivity index (χ3v) is 8.87. The molecule has 0 aliphatic carbocycles. The third kappa shape index (κ3) is 7.49. The molecule has 6 rings (SSSR count). The molecule has 0 atom stereocenters. The fourth-order valence-electron chi connectivity index (χ4n) is 3.51. The Morgan fingerprint density at radius 2 is 0.750 bits per heavy atom. The molecule has 6 aromatic rings. The molecule has 13 heteroatoms. The molecule has 198 valence electrons. The molecule has 0 radical (unpaired) electrons. The first kappa shape index (κ1) is 33.5. The third-order valence-electron chi connectivity index (χ3n) is 5.38. The van der Waals surface area contributed by atoms with Gasteiger partial charge in [0.2, 0.25) is 0 Å². The summed E-state index contributed by atoms with van der Waals surface area (Å²) >= 11 is 24.3. The topological polar surface area (TPSA) is 107 Å². The summed E-state index contributed by atoms with van der Waals surface area (Å²) < 4.78 is 2.48. The smallest absolute Gasteiger partial charge is 0.591 e. The molecule has 0 bridgehead atoms. The Balaban J connectivity index is 0.000000163. The van der Waals surface area contributed by atoms with Crippen molar-refractivity contribution >= 4 is 155 Å². The number of rotatable bonds is 0. The fourth-order valence-corrected chi connectivity index (χ4v) is 6.55. The summed E-state index contributed by atoms with van der Waals surface area (Å²) in [5, 5.41) is 27.8. The Morgan fingerprint density at radius 3 is 1.00 bits per heavy atom. The van der Waals surface area contributed by atoms with Crippen LogP contribution in [0.2, 0.25) is 15.1 Å². The van der Waals surface area contributed by atoms with Gasteiger partial charge in [0.25, 0.3) is 17.2 Å². The van der Waals surface area contributed by atoms with E-state index >= 15 is 0 Å². The number of fused-ring (bicyclic) bond motifs is 3. The van der Waals surface area contributed by atoms with E-state index in [4.69, 9.17) is 50.1 Å². The van der Waals surface area contributed by atoms with Crippen LogP contribution in [-0.4, -0.2) is 50.1 Å². The van der Waals surface area contributed by atoms with E-state index in [9.17, 15) is 0 Å². The Bertz CT molecular complexity index is 1640. The van der Waals surface area contributed by atoms with Gasteiger partial charge in [-0.3, -0.25) is 0 Å². The van der Waals surface area contributed by atoms with Gasteiger partial charge in [0.1, 0.15) is 10.7 Å². The Hall–Kier alpha value is -1.01. The first-order valence-electron chi connectivity index (χ1n) is 10.9. The molecule has 0 unspecified atom stereocenters. The Kier molecular flexibility index (Phi) is 12.5. The van der Waals surface area contributed by atoms with Crippen LogP contribution in [0.25, 0.3) is 32.7 Å². The monoisotopic (exact) mass is 987 g/mol. The molecule has 40 heavy (non-hydrogen) atoms. The van der Waals surface area contributed by atoms with Gasteiger partial charge in [0, 0.05) is 34.7 Å². The average molecular weight is 989 g/mol. The molecule has 0 amide bonds. The second-order valence-corrected chi connectivity index (χ2v) is 12.6. The zero-order chi connectivity index (χ0) is 28.3. The van der Waals surface area contributed by atoms with Gasteiger partial charge < -0.3 is 15.3 Å². The Labute approximate surface area is 298 Å². The van der Waals surface area contributed by atoms with Gasteiger partial charge in [-0.1, -0.05) is 34.8 Å². The molecule has 3 aromatic heterocycles. The molecule has 0 saturated carbocycles. The number of pyridine rings is 3. The van der Waals surface area contributed by atoms with Crippen molar-refractivity contribution in [3.05, 3.63) is 99.0 Å². The van der Waals surface area contributed by atoms with E-state index in [1.54, 1.807) is 36.8 Å². The maximum absolute atomic E-state index is 7.76. The minimum absolute atomic E-state index is 0. The van der Waals surface area contributed by atoms with Crippen LogP contribution in [0.15, 0.2) is 73.2 Å². The fraction of sp³-hybridized carbons (Fsp3) is 0. The van der Waals surface area contributed by atoms with E-state index in [2.05, 4.69) is 82.7 Å². The van der Waals surface area contributed by atoms with Crippen molar-refractivity contribution in [3.63, 3.8) is 0 Å². The summed E-state index contributed by atoms with van der Waals surface area (Å²) in [5.41, 5.74) is 2.00. The van der Waals surface area contributed by atoms with Gasteiger partial charge in [-0.15, -0.1) is 0 Å². The van der Waals surface area contributed by atoms with E-state index in [0.717, 1.165) is 26.9 Å². The SMILES string of the molecule is [Ga+3].[OH2+]c1c(I)cc(Cl)c2cccnc12.[OH2+]c1c(I)cc(Cl)c2cccnc12.[OH2+]c1c(I)cc(Cl)c2cccnc12. The molecule has 0 saturated heterocycles. The molecule has 0 aliphatic heterocycles. The summed E-state index contributed by atoms with van der Waals surface area (Å²) in [4.78, 5) is 12.4. The van der Waals surface area contributed by atoms with Gasteiger partial charge in [-0.25, -0.2) is 15.0 Å². The zero-order valence-corrected chi connectivity index (χ0v) is 31.3. The summed E-state index contributed by atoms with van der Waals surface area (Å²) in [6.45, 7) is 0. The van der Waals surface area contributed by atoms with E-state index in [-0.39, 0.29) is 19.8 Å². The molecule has 6 N–H and O–H groups in total. The zero-order valence-electron chi connectivity index (χ0n) is 20.1. The summed E-state index contributed by atoms with van der Waals surface area (Å²) in [6, 6.07) is 16.4. The average Bonchev–Trinajstić information content (AvgIpc) is 2.94. The van der Waals surface area contributed by atoms with Crippen molar-refractivity contribution in [1.29, 1.82) is 0 Å². The van der Waals surface area contributed by atoms with E-state index in [1.807, 2.05) is 36.4 Å². The number of aromatic nitrogens is 3. The standard InChI is InChI=1S/3C9H5ClINO.Ga/c3*10-6-4-7(11)9(13)8-5(6)2-1-3-12-8;/h3*1-4,13H;/q;;;+3/p+3. The van der Waals surface area contributed by atoms with E-state index < -0.39 is 0 Å². The Morgan fingerprint density at radius 1 is 0.500 bits per heavy atom. The summed E-state index contributed by atoms with van der Waals surface area (Å²) in [5.74, 6) is 1.34. The molecule has 0 aliphatic rings. The minimum Gasteiger partial charge on any atom is -0.591 e. The molecular weight excluding hydrogens is 971 g/mol. The maximum atomic E-state index is 7.76. The molecule has 3 heterocycles. The minimum atomic E-state index is 0. The largest absolute Gasteiger partial charge is 3.00 e. The predicted molar refractivity (Wildman–Crippen MR) is 193 cm³/mol. The van der Waals surface area contributed by atoms with E-state index in [0.29, 0.717) is 48.9 Å². The first-order chi connectivity index (χ1) is 18.6. The number of hydrogen-bond acceptors (Lipinski definition) is 3. The second kappa shape index (κ2) is 14.9. The van der Waals surface area contributed by atoms with Crippen molar-refractivity contribution in [1.82, 2.24) is 15.0 Å². The normalized spacial score (nSPS) is 10.3. The van der Waals surface area contributed by atoms with Gasteiger partial charge in [-0.05, 0) is 122 Å². The van der Waals surface area contributed by atoms with Crippen molar-refractivity contribution in [2.75, 3.05) is 0 Å². The van der Waals surface area contributed by atoms with Crippen LogP contribution in [0.5, 0.6) is 17.2 Å². The van der Waals surface area contributed by atoms with Crippen LogP contribution in [0.3, 0.4) is 0 Å². The van der Waals surface area contributed by atoms with Crippen LogP contribution < -0.4 is 0 Å². The summed E-state index contributed by atoms with van der Waals surface area (Å²) in [7, 11) is 0. The number of benzene rings is 3. The number of hydrogen-bond donors (Lipinski definition) is 0. The predicted octanol–water partition coefficient (Wildman–Crippen LogP) is 8.41. The number of halogens is 6. The van der Waals surface area contributed by atoms with Crippen LogP contribution in [-0.2, 0) is 0 Å². The molecule has 3 aromatic carbocycles. The van der Waals surface area contributed by atoms with Crippen molar-refractivity contribution in [2.24, 2.45) is 0 Å². The van der Waals surface area contributed by atoms with Crippen LogP contribution in [0.4, 0.5) is 0 Å². The first-order valence-corrected chi connectivity index (χ1v) is 15.3. The molecule has 0 spiro atoms. The van der Waals surface area contributed by atoms with Crippen molar-refractivity contribution < 1.29 is 15.3 Å². The van der Waals surface area contributed by atoms with Gasteiger partial charge in [0.05, 0.1) is 15.1 Å². The maximum Gasteiger partial charge on any atom is 3.00 e. The van der Waals surface area contributed by atoms with Crippen molar-refractivity contribution in [3.8, 4) is 17.2 Å².